The standard InChI is InChI=1S/C9H12INO3S/c10-8-4-1-2-5-9(8)11-15(13,14)7-3-6-12/h1-2,4-5,11-12H,3,6-7H2. The molecule has 0 heterocycles. The predicted octanol–water partition coefficient (Wildman–Crippen LogP) is 1.42. The van der Waals surface area contributed by atoms with Crippen molar-refractivity contribution in [2.24, 2.45) is 0 Å². The van der Waals surface area contributed by atoms with Crippen molar-refractivity contribution >= 4 is 38.3 Å². The Morgan fingerprint density at radius 1 is 1.33 bits per heavy atom. The summed E-state index contributed by atoms with van der Waals surface area (Å²) in [7, 11) is -3.33. The highest BCUT2D eigenvalue weighted by Gasteiger charge is 2.10. The van der Waals surface area contributed by atoms with E-state index in [0.717, 1.165) is 3.57 Å². The number of aliphatic hydroxyl groups excluding tert-OH is 1. The first-order valence-corrected chi connectivity index (χ1v) is 7.14. The fourth-order valence-corrected chi connectivity index (χ4v) is 2.85. The second-order valence-electron chi connectivity index (χ2n) is 2.98. The molecule has 0 radical (unpaired) electrons. The van der Waals surface area contributed by atoms with Gasteiger partial charge >= 0.3 is 0 Å². The van der Waals surface area contributed by atoms with Crippen LogP contribution in [0.25, 0.3) is 0 Å². The number of sulfonamides is 1. The zero-order chi connectivity index (χ0) is 11.3. The van der Waals surface area contributed by atoms with E-state index in [-0.39, 0.29) is 18.8 Å². The lowest BCUT2D eigenvalue weighted by molar-refractivity contribution is 0.295. The molecular formula is C9H12INO3S. The Morgan fingerprint density at radius 2 is 2.00 bits per heavy atom. The van der Waals surface area contributed by atoms with Crippen LogP contribution in [0, 0.1) is 3.57 Å². The molecule has 0 aliphatic heterocycles. The minimum absolute atomic E-state index is 0.0610. The highest BCUT2D eigenvalue weighted by Crippen LogP contribution is 2.18. The molecule has 0 aliphatic carbocycles. The van der Waals surface area contributed by atoms with E-state index in [1.807, 2.05) is 12.1 Å². The molecule has 1 aromatic carbocycles. The Labute approximate surface area is 103 Å². The zero-order valence-electron chi connectivity index (χ0n) is 7.98. The van der Waals surface area contributed by atoms with Crippen molar-refractivity contribution in [2.75, 3.05) is 17.1 Å². The number of hydrogen-bond donors (Lipinski definition) is 2. The molecule has 0 fully saturated rings. The van der Waals surface area contributed by atoms with Crippen molar-refractivity contribution in [3.63, 3.8) is 0 Å². The summed E-state index contributed by atoms with van der Waals surface area (Å²) >= 11 is 2.06. The van der Waals surface area contributed by atoms with Gasteiger partial charge < -0.3 is 5.11 Å². The van der Waals surface area contributed by atoms with Crippen molar-refractivity contribution in [1.82, 2.24) is 0 Å². The Kier molecular flexibility index (Phi) is 4.81. The maximum atomic E-state index is 11.5. The van der Waals surface area contributed by atoms with Crippen LogP contribution < -0.4 is 4.72 Å². The maximum Gasteiger partial charge on any atom is 0.232 e. The molecule has 1 aromatic rings. The molecule has 4 nitrogen and oxygen atoms in total. The lowest BCUT2D eigenvalue weighted by Crippen LogP contribution is -2.18. The molecule has 0 atom stereocenters. The molecular weight excluding hydrogens is 329 g/mol. The van der Waals surface area contributed by atoms with Crippen LogP contribution in [0.4, 0.5) is 5.69 Å². The summed E-state index contributed by atoms with van der Waals surface area (Å²) in [5.74, 6) is -0.0610. The molecule has 84 valence electrons. The third kappa shape index (κ3) is 4.35. The topological polar surface area (TPSA) is 66.4 Å². The summed E-state index contributed by atoms with van der Waals surface area (Å²) in [6.45, 7) is -0.118. The molecule has 0 aromatic heterocycles. The molecule has 0 saturated heterocycles. The van der Waals surface area contributed by atoms with Crippen LogP contribution >= 0.6 is 22.6 Å². The first kappa shape index (κ1) is 12.7. The Bertz CT molecular complexity index is 419. The lowest BCUT2D eigenvalue weighted by atomic mass is 10.3. The third-order valence-electron chi connectivity index (χ3n) is 1.71. The number of benzene rings is 1. The number of hydrogen-bond acceptors (Lipinski definition) is 3. The third-order valence-corrected chi connectivity index (χ3v) is 4.01. The molecule has 2 N–H and O–H groups in total. The van der Waals surface area contributed by atoms with Crippen LogP contribution in [0.15, 0.2) is 24.3 Å². The summed E-state index contributed by atoms with van der Waals surface area (Å²) in [5.41, 5.74) is 0.580. The van der Waals surface area contributed by atoms with E-state index in [2.05, 4.69) is 27.3 Å². The molecule has 0 bridgehead atoms. The average Bonchev–Trinajstić information content (AvgIpc) is 2.18. The van der Waals surface area contributed by atoms with Crippen molar-refractivity contribution in [1.29, 1.82) is 0 Å². The van der Waals surface area contributed by atoms with Gasteiger partial charge in [-0.15, -0.1) is 0 Å². The quantitative estimate of drug-likeness (QED) is 0.796. The first-order chi connectivity index (χ1) is 7.05. The number of para-hydroxylation sites is 1. The molecule has 0 unspecified atom stereocenters. The highest BCUT2D eigenvalue weighted by molar-refractivity contribution is 14.1. The SMILES string of the molecule is O=S(=O)(CCCO)Nc1ccccc1I. The Morgan fingerprint density at radius 3 is 2.60 bits per heavy atom. The molecule has 0 spiro atoms. The summed E-state index contributed by atoms with van der Waals surface area (Å²) in [5, 5.41) is 8.56. The van der Waals surface area contributed by atoms with Gasteiger partial charge in [-0.05, 0) is 41.1 Å². The number of rotatable bonds is 5. The van der Waals surface area contributed by atoms with Gasteiger partial charge in [0.2, 0.25) is 10.0 Å². The minimum atomic E-state index is -3.33. The Balaban J connectivity index is 2.74. The monoisotopic (exact) mass is 341 g/mol. The Hall–Kier alpha value is -0.340. The minimum Gasteiger partial charge on any atom is -0.396 e. The van der Waals surface area contributed by atoms with Crippen LogP contribution in [0.1, 0.15) is 6.42 Å². The van der Waals surface area contributed by atoms with E-state index in [4.69, 9.17) is 5.11 Å². The van der Waals surface area contributed by atoms with E-state index >= 15 is 0 Å². The predicted molar refractivity (Wildman–Crippen MR) is 68.3 cm³/mol. The van der Waals surface area contributed by atoms with Gasteiger partial charge in [-0.25, -0.2) is 8.42 Å². The number of halogens is 1. The second-order valence-corrected chi connectivity index (χ2v) is 5.98. The average molecular weight is 341 g/mol. The van der Waals surface area contributed by atoms with Gasteiger partial charge in [-0.2, -0.15) is 0 Å². The molecule has 0 amide bonds. The lowest BCUT2D eigenvalue weighted by Gasteiger charge is -2.08. The zero-order valence-corrected chi connectivity index (χ0v) is 11.0. The largest absolute Gasteiger partial charge is 0.396 e. The van der Waals surface area contributed by atoms with E-state index in [9.17, 15) is 8.42 Å². The van der Waals surface area contributed by atoms with Gasteiger partial charge in [-0.3, -0.25) is 4.72 Å². The number of aliphatic hydroxyl groups is 1. The maximum absolute atomic E-state index is 11.5. The molecule has 0 saturated carbocycles. The fourth-order valence-electron chi connectivity index (χ4n) is 1.02. The van der Waals surface area contributed by atoms with Crippen LogP contribution in [-0.4, -0.2) is 25.9 Å². The van der Waals surface area contributed by atoms with Crippen molar-refractivity contribution in [3.05, 3.63) is 27.8 Å². The molecule has 6 heteroatoms. The van der Waals surface area contributed by atoms with Crippen molar-refractivity contribution < 1.29 is 13.5 Å². The number of nitrogens with one attached hydrogen (secondary N) is 1. The molecule has 15 heavy (non-hydrogen) atoms. The van der Waals surface area contributed by atoms with E-state index in [0.29, 0.717) is 5.69 Å². The first-order valence-electron chi connectivity index (χ1n) is 4.41. The summed E-state index contributed by atoms with van der Waals surface area (Å²) in [6.07, 6.45) is 0.249. The van der Waals surface area contributed by atoms with Crippen molar-refractivity contribution in [3.8, 4) is 0 Å². The van der Waals surface area contributed by atoms with Gasteiger partial charge in [-0.1, -0.05) is 12.1 Å². The summed E-state index contributed by atoms with van der Waals surface area (Å²) < 4.78 is 26.3. The van der Waals surface area contributed by atoms with E-state index in [1.165, 1.54) is 0 Å². The number of anilines is 1. The van der Waals surface area contributed by atoms with Crippen molar-refractivity contribution in [2.45, 2.75) is 6.42 Å². The van der Waals surface area contributed by atoms with Gasteiger partial charge in [0.1, 0.15) is 0 Å². The smallest absolute Gasteiger partial charge is 0.232 e. The van der Waals surface area contributed by atoms with Crippen LogP contribution in [-0.2, 0) is 10.0 Å². The van der Waals surface area contributed by atoms with Gasteiger partial charge in [0.15, 0.2) is 0 Å². The normalized spacial score (nSPS) is 11.3. The van der Waals surface area contributed by atoms with Gasteiger partial charge in [0.25, 0.3) is 0 Å². The molecule has 1 rings (SSSR count). The van der Waals surface area contributed by atoms with Crippen LogP contribution in [0.2, 0.25) is 0 Å². The van der Waals surface area contributed by atoms with Crippen LogP contribution in [0.3, 0.4) is 0 Å². The highest BCUT2D eigenvalue weighted by atomic mass is 127. The summed E-state index contributed by atoms with van der Waals surface area (Å²) in [6, 6.07) is 7.14. The van der Waals surface area contributed by atoms with Gasteiger partial charge in [0, 0.05) is 10.2 Å². The van der Waals surface area contributed by atoms with E-state index < -0.39 is 10.0 Å². The molecule has 0 aliphatic rings. The van der Waals surface area contributed by atoms with Gasteiger partial charge in [0.05, 0.1) is 11.4 Å². The van der Waals surface area contributed by atoms with E-state index in [1.54, 1.807) is 12.1 Å². The van der Waals surface area contributed by atoms with Crippen LogP contribution in [0.5, 0.6) is 0 Å². The second kappa shape index (κ2) is 5.66. The fraction of sp³-hybridized carbons (Fsp3) is 0.333. The summed E-state index contributed by atoms with van der Waals surface area (Å²) in [4.78, 5) is 0.